The van der Waals surface area contributed by atoms with Crippen LogP contribution in [0.25, 0.3) is 0 Å². The molecule has 2 rings (SSSR count). The number of hydrogen-bond acceptors (Lipinski definition) is 10. The van der Waals surface area contributed by atoms with Crippen molar-refractivity contribution in [3.63, 3.8) is 0 Å². The van der Waals surface area contributed by atoms with Gasteiger partial charge < -0.3 is 0 Å². The smallest absolute Gasteiger partial charge is 0.214 e. The molecular weight excluding hydrogens is 541 g/mol. The minimum atomic E-state index is 0.132. The van der Waals surface area contributed by atoms with Gasteiger partial charge in [0.25, 0.3) is 0 Å². The first-order valence-electron chi connectivity index (χ1n) is 10.1. The van der Waals surface area contributed by atoms with E-state index in [1.807, 2.05) is 47.0 Å². The van der Waals surface area contributed by atoms with E-state index in [9.17, 15) is 9.59 Å². The van der Waals surface area contributed by atoms with Gasteiger partial charge in [-0.05, 0) is 25.0 Å². The molecule has 176 valence electrons. The molecule has 10 heteroatoms. The normalized spacial score (nSPS) is 27.7. The zero-order valence-corrected chi connectivity index (χ0v) is 25.0. The Morgan fingerprint density at radius 2 is 1.23 bits per heavy atom. The molecule has 0 bridgehead atoms. The van der Waals surface area contributed by atoms with Crippen molar-refractivity contribution in [2.75, 3.05) is 28.1 Å². The Kier molecular flexibility index (Phi) is 13.9. The van der Waals surface area contributed by atoms with E-state index in [0.717, 1.165) is 16.6 Å². The highest BCUT2D eigenvalue weighted by Crippen LogP contribution is 2.45. The van der Waals surface area contributed by atoms with Crippen molar-refractivity contribution in [3.05, 3.63) is 24.3 Å². The molecule has 0 aromatic rings. The quantitative estimate of drug-likeness (QED) is 0.136. The van der Waals surface area contributed by atoms with Crippen molar-refractivity contribution in [3.8, 4) is 0 Å². The highest BCUT2D eigenvalue weighted by atomic mass is 32.2. The van der Waals surface area contributed by atoms with Gasteiger partial charge in [0.2, 0.25) is 10.2 Å². The Morgan fingerprint density at radius 1 is 0.839 bits per heavy atom. The maximum Gasteiger partial charge on any atom is 0.214 e. The van der Waals surface area contributed by atoms with E-state index in [4.69, 9.17) is 0 Å². The van der Waals surface area contributed by atoms with Crippen LogP contribution < -0.4 is 0 Å². The molecule has 0 saturated carbocycles. The first-order chi connectivity index (χ1) is 14.7. The summed E-state index contributed by atoms with van der Waals surface area (Å²) in [5, 5.41) is 3.21. The van der Waals surface area contributed by atoms with E-state index >= 15 is 0 Å². The third-order valence-electron chi connectivity index (χ3n) is 4.55. The summed E-state index contributed by atoms with van der Waals surface area (Å²) in [5.41, 5.74) is 1.30. The molecule has 31 heavy (non-hydrogen) atoms. The van der Waals surface area contributed by atoms with Crippen molar-refractivity contribution in [2.45, 2.75) is 57.9 Å². The lowest BCUT2D eigenvalue weighted by atomic mass is 10.4. The van der Waals surface area contributed by atoms with Gasteiger partial charge in [0.15, 0.2) is 0 Å². The van der Waals surface area contributed by atoms with Crippen LogP contribution in [0.5, 0.6) is 0 Å². The van der Waals surface area contributed by atoms with Crippen LogP contribution in [0.3, 0.4) is 0 Å². The predicted molar refractivity (Wildman–Crippen MR) is 159 cm³/mol. The maximum absolute atomic E-state index is 11.9. The van der Waals surface area contributed by atoms with Gasteiger partial charge in [0.05, 0.1) is 9.16 Å². The summed E-state index contributed by atoms with van der Waals surface area (Å²) in [4.78, 5) is 23.8. The van der Waals surface area contributed by atoms with Gasteiger partial charge in [-0.25, -0.2) is 0 Å². The number of carbonyl (C=O) groups excluding carboxylic acids is 2. The summed E-state index contributed by atoms with van der Waals surface area (Å²) in [5.74, 6) is 4.63. The monoisotopic (exact) mass is 572 g/mol. The van der Waals surface area contributed by atoms with E-state index in [1.165, 1.54) is 35.0 Å². The lowest BCUT2D eigenvalue weighted by molar-refractivity contribution is -0.108. The second-order valence-electron chi connectivity index (χ2n) is 7.52. The van der Waals surface area contributed by atoms with Crippen LogP contribution in [0.4, 0.5) is 0 Å². The summed E-state index contributed by atoms with van der Waals surface area (Å²) < 4.78 is 1.28. The van der Waals surface area contributed by atoms with Crippen LogP contribution in [0.15, 0.2) is 24.3 Å². The van der Waals surface area contributed by atoms with Gasteiger partial charge in [0.1, 0.15) is 0 Å². The molecule has 0 radical (unpaired) electrons. The fourth-order valence-electron chi connectivity index (χ4n) is 2.66. The fourth-order valence-corrected chi connectivity index (χ4v) is 15.0. The van der Waals surface area contributed by atoms with E-state index in [2.05, 4.69) is 50.5 Å². The Hall–Kier alpha value is 1.62. The molecule has 2 nitrogen and oxygen atoms in total. The zero-order valence-electron chi connectivity index (χ0n) is 18.5. The van der Waals surface area contributed by atoms with Crippen LogP contribution in [0.2, 0.25) is 0 Å². The highest BCUT2D eigenvalue weighted by molar-refractivity contribution is 8.24. The van der Waals surface area contributed by atoms with E-state index in [1.54, 1.807) is 13.8 Å². The zero-order chi connectivity index (χ0) is 23.0. The van der Waals surface area contributed by atoms with Crippen molar-refractivity contribution >= 4 is 104 Å². The SMILES string of the molecule is C=C(C)C(=O)SC(C)C1CSC(CSCSCC2SCC(C(C)SC(=O)C(=C)C)S2)S1. The molecule has 2 fully saturated rings. The van der Waals surface area contributed by atoms with Crippen molar-refractivity contribution in [2.24, 2.45) is 0 Å². The predicted octanol–water partition coefficient (Wildman–Crippen LogP) is 7.21. The Labute approximate surface area is 222 Å². The molecule has 0 amide bonds. The summed E-state index contributed by atoms with van der Waals surface area (Å²) in [7, 11) is 0. The molecule has 2 aliphatic heterocycles. The number of hydrogen-bond donors (Lipinski definition) is 0. The van der Waals surface area contributed by atoms with Gasteiger partial charge in [-0.2, -0.15) is 0 Å². The largest absolute Gasteiger partial charge is 0.282 e. The van der Waals surface area contributed by atoms with Crippen LogP contribution >= 0.6 is 94.1 Å². The topological polar surface area (TPSA) is 34.1 Å². The summed E-state index contributed by atoms with van der Waals surface area (Å²) >= 11 is 15.2. The number of carbonyl (C=O) groups is 2. The Balaban J connectivity index is 1.55. The molecule has 6 unspecified atom stereocenters. The molecule has 0 aliphatic carbocycles. The molecule has 2 saturated heterocycles. The van der Waals surface area contributed by atoms with Crippen LogP contribution in [0, 0.1) is 0 Å². The van der Waals surface area contributed by atoms with Crippen molar-refractivity contribution in [1.82, 2.24) is 0 Å². The molecule has 2 heterocycles. The number of rotatable bonds is 12. The van der Waals surface area contributed by atoms with E-state index in [-0.39, 0.29) is 10.2 Å². The third kappa shape index (κ3) is 10.4. The van der Waals surface area contributed by atoms with Gasteiger partial charge in [-0.15, -0.1) is 70.6 Å². The minimum Gasteiger partial charge on any atom is -0.282 e. The molecule has 2 aliphatic rings. The van der Waals surface area contributed by atoms with Crippen LogP contribution in [-0.2, 0) is 9.59 Å². The molecule has 0 aromatic carbocycles. The van der Waals surface area contributed by atoms with E-state index in [0.29, 0.717) is 41.3 Å². The minimum absolute atomic E-state index is 0.132. The average molecular weight is 573 g/mol. The third-order valence-corrected chi connectivity index (χ3v) is 17.6. The standard InChI is InChI=1S/C21H32O2S8/c1-12(2)20(22)28-14(5)16-7-26-18(30-16)9-24-11-25-10-19-27-8-17(31-19)15(6)29-21(23)13(3)4/h14-19H,1,3,7-11H2,2,4-6H3. The van der Waals surface area contributed by atoms with Crippen molar-refractivity contribution in [1.29, 1.82) is 0 Å². The molecule has 0 aromatic heterocycles. The first-order valence-corrected chi connectivity index (χ1v) is 18.1. The van der Waals surface area contributed by atoms with Crippen LogP contribution in [0.1, 0.15) is 27.7 Å². The van der Waals surface area contributed by atoms with Crippen LogP contribution in [-0.4, -0.2) is 68.5 Å². The van der Waals surface area contributed by atoms with Gasteiger partial charge in [0, 0.05) is 49.1 Å². The van der Waals surface area contributed by atoms with E-state index < -0.39 is 0 Å². The number of thioether (sulfide) groups is 8. The first kappa shape index (κ1) is 28.9. The highest BCUT2D eigenvalue weighted by Gasteiger charge is 2.32. The lowest BCUT2D eigenvalue weighted by Crippen LogP contribution is -2.18. The summed E-state index contributed by atoms with van der Waals surface area (Å²) in [6, 6.07) is 0. The second-order valence-corrected chi connectivity index (χ2v) is 18.6. The average Bonchev–Trinajstić information content (AvgIpc) is 3.37. The second kappa shape index (κ2) is 14.9. The maximum atomic E-state index is 11.9. The molecule has 6 atom stereocenters. The summed E-state index contributed by atoms with van der Waals surface area (Å²) in [6.07, 6.45) is 0. The molecule has 0 spiro atoms. The fraction of sp³-hybridized carbons (Fsp3) is 0.714. The van der Waals surface area contributed by atoms with Crippen molar-refractivity contribution < 1.29 is 9.59 Å². The summed E-state index contributed by atoms with van der Waals surface area (Å²) in [6.45, 7) is 15.5. The lowest BCUT2D eigenvalue weighted by Gasteiger charge is -2.17. The van der Waals surface area contributed by atoms with Gasteiger partial charge in [-0.1, -0.05) is 50.5 Å². The molecular formula is C21H32O2S8. The van der Waals surface area contributed by atoms with Gasteiger partial charge >= 0.3 is 0 Å². The Morgan fingerprint density at radius 3 is 1.58 bits per heavy atom. The Bertz CT molecular complexity index is 601. The molecule has 0 N–H and O–H groups in total. The van der Waals surface area contributed by atoms with Gasteiger partial charge in [-0.3, -0.25) is 9.59 Å².